The van der Waals surface area contributed by atoms with Gasteiger partial charge in [0.2, 0.25) is 5.91 Å². The van der Waals surface area contributed by atoms with Crippen molar-refractivity contribution in [2.75, 3.05) is 26.7 Å². The van der Waals surface area contributed by atoms with Crippen molar-refractivity contribution in [2.45, 2.75) is 39.2 Å². The molecule has 1 aliphatic rings. The highest BCUT2D eigenvalue weighted by molar-refractivity contribution is 5.94. The first-order valence-corrected chi connectivity index (χ1v) is 8.80. The maximum absolute atomic E-state index is 12.7. The van der Waals surface area contributed by atoms with Crippen molar-refractivity contribution in [3.63, 3.8) is 0 Å². The number of carbonyl (C=O) groups is 2. The summed E-state index contributed by atoms with van der Waals surface area (Å²) in [5.74, 6) is -0.00580. The quantitative estimate of drug-likeness (QED) is 0.781. The number of carbonyl (C=O) groups excluding carboxylic acids is 2. The van der Waals surface area contributed by atoms with Crippen LogP contribution in [0.3, 0.4) is 0 Å². The van der Waals surface area contributed by atoms with E-state index in [1.165, 1.54) is 0 Å². The molecule has 0 aliphatic carbocycles. The second kappa shape index (κ2) is 9.42. The summed E-state index contributed by atoms with van der Waals surface area (Å²) in [5, 5.41) is 2.98. The van der Waals surface area contributed by atoms with Crippen molar-refractivity contribution < 1.29 is 14.3 Å². The molecule has 5 heteroatoms. The van der Waals surface area contributed by atoms with Crippen molar-refractivity contribution in [1.82, 2.24) is 10.2 Å². The first kappa shape index (κ1) is 18.5. The van der Waals surface area contributed by atoms with Crippen molar-refractivity contribution in [2.24, 2.45) is 5.92 Å². The van der Waals surface area contributed by atoms with E-state index in [0.29, 0.717) is 18.7 Å². The van der Waals surface area contributed by atoms with Gasteiger partial charge < -0.3 is 15.0 Å². The molecule has 1 saturated heterocycles. The number of rotatable bonds is 7. The number of benzene rings is 1. The van der Waals surface area contributed by atoms with E-state index in [2.05, 4.69) is 12.2 Å². The average molecular weight is 332 g/mol. The van der Waals surface area contributed by atoms with E-state index in [0.717, 1.165) is 44.3 Å². The first-order chi connectivity index (χ1) is 11.7. The van der Waals surface area contributed by atoms with Gasteiger partial charge in [-0.15, -0.1) is 0 Å². The van der Waals surface area contributed by atoms with Gasteiger partial charge in [0.1, 0.15) is 0 Å². The molecule has 5 nitrogen and oxygen atoms in total. The fourth-order valence-corrected chi connectivity index (χ4v) is 3.00. The zero-order chi connectivity index (χ0) is 17.4. The van der Waals surface area contributed by atoms with Crippen molar-refractivity contribution >= 4 is 11.8 Å². The van der Waals surface area contributed by atoms with E-state index in [1.54, 1.807) is 12.0 Å². The van der Waals surface area contributed by atoms with E-state index < -0.39 is 0 Å². The molecule has 1 heterocycles. The average Bonchev–Trinajstić information content (AvgIpc) is 2.62. The van der Waals surface area contributed by atoms with Crippen LogP contribution in [-0.2, 0) is 16.1 Å². The second-order valence-corrected chi connectivity index (χ2v) is 6.36. The Labute approximate surface area is 144 Å². The van der Waals surface area contributed by atoms with Crippen LogP contribution in [0.2, 0.25) is 0 Å². The van der Waals surface area contributed by atoms with Gasteiger partial charge in [0, 0.05) is 32.3 Å². The van der Waals surface area contributed by atoms with Gasteiger partial charge in [-0.2, -0.15) is 0 Å². The number of ether oxygens (including phenoxy) is 1. The van der Waals surface area contributed by atoms with Crippen LogP contribution in [0.5, 0.6) is 0 Å². The third-order valence-corrected chi connectivity index (χ3v) is 4.42. The molecule has 0 spiro atoms. The number of hydrogen-bond donors (Lipinski definition) is 1. The molecule has 2 rings (SSSR count). The molecular formula is C19H28N2O3. The highest BCUT2D eigenvalue weighted by Gasteiger charge is 2.28. The molecule has 24 heavy (non-hydrogen) atoms. The predicted molar refractivity (Wildman–Crippen MR) is 93.7 cm³/mol. The largest absolute Gasteiger partial charge is 0.380 e. The summed E-state index contributed by atoms with van der Waals surface area (Å²) < 4.78 is 5.09. The fourth-order valence-electron chi connectivity index (χ4n) is 3.00. The molecular weight excluding hydrogens is 304 g/mol. The molecule has 0 saturated carbocycles. The smallest absolute Gasteiger partial charge is 0.253 e. The SMILES string of the molecule is CCCCNC(=O)C1CCCN(C(=O)c2ccc(COC)cc2)C1. The Morgan fingerprint density at radius 2 is 2.04 bits per heavy atom. The van der Waals surface area contributed by atoms with E-state index in [1.807, 2.05) is 24.3 Å². The summed E-state index contributed by atoms with van der Waals surface area (Å²) in [6, 6.07) is 7.49. The van der Waals surface area contributed by atoms with Gasteiger partial charge >= 0.3 is 0 Å². The summed E-state index contributed by atoms with van der Waals surface area (Å²) in [4.78, 5) is 26.7. The number of nitrogens with zero attached hydrogens (tertiary/aromatic N) is 1. The molecule has 2 amide bonds. The van der Waals surface area contributed by atoms with Crippen molar-refractivity contribution in [3.05, 3.63) is 35.4 Å². The van der Waals surface area contributed by atoms with Crippen LogP contribution >= 0.6 is 0 Å². The number of amides is 2. The molecule has 0 radical (unpaired) electrons. The molecule has 1 unspecified atom stereocenters. The standard InChI is InChI=1S/C19H28N2O3/c1-3-4-11-20-18(22)17-6-5-12-21(13-17)19(23)16-9-7-15(8-10-16)14-24-2/h7-10,17H,3-6,11-14H2,1-2H3,(H,20,22). The highest BCUT2D eigenvalue weighted by Crippen LogP contribution is 2.19. The maximum Gasteiger partial charge on any atom is 0.253 e. The minimum atomic E-state index is -0.0904. The Kier molecular flexibility index (Phi) is 7.25. The number of unbranched alkanes of at least 4 members (excludes halogenated alkanes) is 1. The van der Waals surface area contributed by atoms with Crippen molar-refractivity contribution in [3.8, 4) is 0 Å². The lowest BCUT2D eigenvalue weighted by molar-refractivity contribution is -0.126. The van der Waals surface area contributed by atoms with Crippen LogP contribution in [0, 0.1) is 5.92 Å². The Morgan fingerprint density at radius 1 is 1.29 bits per heavy atom. The Morgan fingerprint density at radius 3 is 2.71 bits per heavy atom. The van der Waals surface area contributed by atoms with E-state index in [9.17, 15) is 9.59 Å². The van der Waals surface area contributed by atoms with Gasteiger partial charge in [0.25, 0.3) is 5.91 Å². The zero-order valence-corrected chi connectivity index (χ0v) is 14.7. The molecule has 0 bridgehead atoms. The maximum atomic E-state index is 12.7. The number of methoxy groups -OCH3 is 1. The van der Waals surface area contributed by atoms with Crippen molar-refractivity contribution in [1.29, 1.82) is 0 Å². The Balaban J connectivity index is 1.93. The predicted octanol–water partition coefficient (Wildman–Crippen LogP) is 2.60. The molecule has 1 atom stereocenters. The lowest BCUT2D eigenvalue weighted by Crippen LogP contribution is -2.45. The lowest BCUT2D eigenvalue weighted by atomic mass is 9.96. The molecule has 132 valence electrons. The van der Waals surface area contributed by atoms with Crippen LogP contribution in [0.4, 0.5) is 0 Å². The lowest BCUT2D eigenvalue weighted by Gasteiger charge is -2.32. The second-order valence-electron chi connectivity index (χ2n) is 6.36. The summed E-state index contributed by atoms with van der Waals surface area (Å²) >= 11 is 0. The Bertz CT molecular complexity index is 542. The van der Waals surface area contributed by atoms with Gasteiger partial charge in [0.15, 0.2) is 0 Å². The fraction of sp³-hybridized carbons (Fsp3) is 0.579. The summed E-state index contributed by atoms with van der Waals surface area (Å²) in [6.45, 7) is 4.60. The summed E-state index contributed by atoms with van der Waals surface area (Å²) in [6.07, 6.45) is 3.79. The van der Waals surface area contributed by atoms with Crippen LogP contribution in [0.15, 0.2) is 24.3 Å². The summed E-state index contributed by atoms with van der Waals surface area (Å²) in [7, 11) is 1.65. The number of hydrogen-bond acceptors (Lipinski definition) is 3. The molecule has 1 aromatic rings. The van der Waals surface area contributed by atoms with E-state index >= 15 is 0 Å². The number of likely N-dealkylation sites (tertiary alicyclic amines) is 1. The number of piperidine rings is 1. The Hall–Kier alpha value is -1.88. The molecule has 1 aromatic carbocycles. The van der Waals surface area contributed by atoms with Gasteiger partial charge in [-0.1, -0.05) is 25.5 Å². The zero-order valence-electron chi connectivity index (χ0n) is 14.7. The van der Waals surface area contributed by atoms with E-state index in [4.69, 9.17) is 4.74 Å². The normalized spacial score (nSPS) is 17.6. The monoisotopic (exact) mass is 332 g/mol. The minimum Gasteiger partial charge on any atom is -0.380 e. The molecule has 1 fully saturated rings. The van der Waals surface area contributed by atoms with Gasteiger partial charge in [-0.05, 0) is 37.0 Å². The van der Waals surface area contributed by atoms with Gasteiger partial charge in [0.05, 0.1) is 12.5 Å². The first-order valence-electron chi connectivity index (χ1n) is 8.80. The van der Waals surface area contributed by atoms with Crippen LogP contribution in [0.25, 0.3) is 0 Å². The van der Waals surface area contributed by atoms with Crippen LogP contribution < -0.4 is 5.32 Å². The van der Waals surface area contributed by atoms with Crippen LogP contribution in [-0.4, -0.2) is 43.5 Å². The molecule has 0 aromatic heterocycles. The topological polar surface area (TPSA) is 58.6 Å². The third kappa shape index (κ3) is 5.06. The van der Waals surface area contributed by atoms with Gasteiger partial charge in [-0.25, -0.2) is 0 Å². The molecule has 1 aliphatic heterocycles. The summed E-state index contributed by atoms with van der Waals surface area (Å²) in [5.41, 5.74) is 1.71. The molecule has 1 N–H and O–H groups in total. The third-order valence-electron chi connectivity index (χ3n) is 4.42. The minimum absolute atomic E-state index is 0.00465. The number of nitrogens with one attached hydrogen (secondary N) is 1. The van der Waals surface area contributed by atoms with E-state index in [-0.39, 0.29) is 17.7 Å². The highest BCUT2D eigenvalue weighted by atomic mass is 16.5. The van der Waals surface area contributed by atoms with Gasteiger partial charge in [-0.3, -0.25) is 9.59 Å². The van der Waals surface area contributed by atoms with Crippen LogP contribution in [0.1, 0.15) is 48.5 Å².